The zero-order chi connectivity index (χ0) is 12.3. The fourth-order valence-corrected chi connectivity index (χ4v) is 2.16. The fraction of sp³-hybridized carbons (Fsp3) is 0.400. The zero-order valence-electron chi connectivity index (χ0n) is 10.6. The summed E-state index contributed by atoms with van der Waals surface area (Å²) in [6, 6.07) is 8.39. The maximum atomic E-state index is 6.30. The third-order valence-electron chi connectivity index (χ3n) is 3.45. The van der Waals surface area contributed by atoms with Crippen LogP contribution in [0.5, 0.6) is 0 Å². The van der Waals surface area contributed by atoms with Crippen molar-refractivity contribution in [3.8, 4) is 0 Å². The first-order chi connectivity index (χ1) is 8.22. The molecule has 2 atom stereocenters. The van der Waals surface area contributed by atoms with E-state index >= 15 is 0 Å². The molecule has 2 heteroatoms. The molecule has 2 nitrogen and oxygen atoms in total. The van der Waals surface area contributed by atoms with Crippen molar-refractivity contribution in [1.82, 2.24) is 4.98 Å². The van der Waals surface area contributed by atoms with Gasteiger partial charge in [-0.2, -0.15) is 0 Å². The second kappa shape index (κ2) is 5.28. The van der Waals surface area contributed by atoms with Crippen LogP contribution in [0.25, 0.3) is 10.8 Å². The number of pyridine rings is 1. The van der Waals surface area contributed by atoms with Gasteiger partial charge in [0.25, 0.3) is 0 Å². The number of nitrogens with two attached hydrogens (primary N) is 1. The minimum Gasteiger partial charge on any atom is -0.324 e. The standard InChI is InChI=1S/C15H20N2/c1-3-11(2)8-15(16)14-10-17-9-12-6-4-5-7-13(12)14/h4-7,9-11,15H,3,8,16H2,1-2H3. The van der Waals surface area contributed by atoms with E-state index in [9.17, 15) is 0 Å². The van der Waals surface area contributed by atoms with Crippen LogP contribution in [0.3, 0.4) is 0 Å². The Bertz CT molecular complexity index is 488. The van der Waals surface area contributed by atoms with E-state index in [0.717, 1.165) is 6.42 Å². The average Bonchev–Trinajstić information content (AvgIpc) is 2.37. The Balaban J connectivity index is 2.34. The highest BCUT2D eigenvalue weighted by atomic mass is 14.7. The summed E-state index contributed by atoms with van der Waals surface area (Å²) >= 11 is 0. The van der Waals surface area contributed by atoms with Crippen LogP contribution in [0, 0.1) is 5.92 Å². The number of fused-ring (bicyclic) bond motifs is 1. The molecule has 1 aromatic heterocycles. The van der Waals surface area contributed by atoms with Crippen molar-refractivity contribution in [3.63, 3.8) is 0 Å². The maximum Gasteiger partial charge on any atom is 0.0346 e. The van der Waals surface area contributed by atoms with Gasteiger partial charge in [-0.05, 0) is 23.3 Å². The van der Waals surface area contributed by atoms with Crippen LogP contribution >= 0.6 is 0 Å². The number of aromatic nitrogens is 1. The highest BCUT2D eigenvalue weighted by Crippen LogP contribution is 2.26. The number of nitrogens with zero attached hydrogens (tertiary/aromatic N) is 1. The van der Waals surface area contributed by atoms with Crippen molar-refractivity contribution in [1.29, 1.82) is 0 Å². The van der Waals surface area contributed by atoms with Crippen molar-refractivity contribution in [2.24, 2.45) is 11.7 Å². The van der Waals surface area contributed by atoms with Crippen LogP contribution in [0.4, 0.5) is 0 Å². The van der Waals surface area contributed by atoms with Crippen molar-refractivity contribution in [2.75, 3.05) is 0 Å². The molecule has 0 bridgehead atoms. The van der Waals surface area contributed by atoms with Gasteiger partial charge in [0, 0.05) is 23.8 Å². The topological polar surface area (TPSA) is 38.9 Å². The monoisotopic (exact) mass is 228 g/mol. The van der Waals surface area contributed by atoms with Gasteiger partial charge < -0.3 is 5.73 Å². The van der Waals surface area contributed by atoms with E-state index in [0.29, 0.717) is 5.92 Å². The molecule has 90 valence electrons. The quantitative estimate of drug-likeness (QED) is 0.867. The summed E-state index contributed by atoms with van der Waals surface area (Å²) in [6.07, 6.45) is 6.00. The van der Waals surface area contributed by atoms with Gasteiger partial charge in [-0.1, -0.05) is 44.5 Å². The highest BCUT2D eigenvalue weighted by Gasteiger charge is 2.12. The van der Waals surface area contributed by atoms with Crippen LogP contribution in [0.1, 0.15) is 38.3 Å². The SMILES string of the molecule is CCC(C)CC(N)c1cncc2ccccc12. The summed E-state index contributed by atoms with van der Waals surface area (Å²) < 4.78 is 0. The van der Waals surface area contributed by atoms with Gasteiger partial charge in [0.05, 0.1) is 0 Å². The van der Waals surface area contributed by atoms with Crippen molar-refractivity contribution in [3.05, 3.63) is 42.2 Å². The molecule has 0 saturated heterocycles. The normalized spacial score (nSPS) is 14.8. The molecule has 0 aliphatic heterocycles. The van der Waals surface area contributed by atoms with Crippen molar-refractivity contribution in [2.45, 2.75) is 32.7 Å². The summed E-state index contributed by atoms with van der Waals surface area (Å²) in [6.45, 7) is 4.46. The van der Waals surface area contributed by atoms with E-state index in [-0.39, 0.29) is 6.04 Å². The lowest BCUT2D eigenvalue weighted by Crippen LogP contribution is -2.14. The molecular formula is C15H20N2. The molecule has 1 heterocycles. The van der Waals surface area contributed by atoms with Gasteiger partial charge in [-0.15, -0.1) is 0 Å². The lowest BCUT2D eigenvalue weighted by atomic mass is 9.93. The molecule has 0 saturated carbocycles. The first-order valence-electron chi connectivity index (χ1n) is 6.30. The lowest BCUT2D eigenvalue weighted by Gasteiger charge is -2.17. The Morgan fingerprint density at radius 1 is 1.24 bits per heavy atom. The molecule has 0 fully saturated rings. The van der Waals surface area contributed by atoms with Crippen LogP contribution in [0.2, 0.25) is 0 Å². The molecule has 0 aliphatic carbocycles. The number of benzene rings is 1. The lowest BCUT2D eigenvalue weighted by molar-refractivity contribution is 0.462. The molecule has 2 aromatic rings. The smallest absolute Gasteiger partial charge is 0.0346 e. The molecule has 0 spiro atoms. The van der Waals surface area contributed by atoms with E-state index in [2.05, 4.69) is 37.0 Å². The molecule has 2 N–H and O–H groups in total. The van der Waals surface area contributed by atoms with E-state index in [4.69, 9.17) is 5.73 Å². The Labute approximate surface area is 103 Å². The third-order valence-corrected chi connectivity index (χ3v) is 3.45. The molecule has 2 rings (SSSR count). The van der Waals surface area contributed by atoms with Crippen LogP contribution in [-0.2, 0) is 0 Å². The summed E-state index contributed by atoms with van der Waals surface area (Å²) in [7, 11) is 0. The second-order valence-electron chi connectivity index (χ2n) is 4.81. The average molecular weight is 228 g/mol. The molecule has 1 aromatic carbocycles. The maximum absolute atomic E-state index is 6.30. The van der Waals surface area contributed by atoms with Gasteiger partial charge in [-0.3, -0.25) is 4.98 Å². The van der Waals surface area contributed by atoms with E-state index in [1.807, 2.05) is 18.5 Å². The number of rotatable bonds is 4. The molecule has 0 amide bonds. The fourth-order valence-electron chi connectivity index (χ4n) is 2.16. The second-order valence-corrected chi connectivity index (χ2v) is 4.81. The van der Waals surface area contributed by atoms with Crippen LogP contribution in [-0.4, -0.2) is 4.98 Å². The largest absolute Gasteiger partial charge is 0.324 e. The van der Waals surface area contributed by atoms with Crippen LogP contribution < -0.4 is 5.73 Å². The minimum atomic E-state index is 0.0866. The summed E-state index contributed by atoms with van der Waals surface area (Å²) in [5.41, 5.74) is 7.47. The Kier molecular flexibility index (Phi) is 3.75. The molecule has 0 aliphatic rings. The van der Waals surface area contributed by atoms with Gasteiger partial charge in [-0.25, -0.2) is 0 Å². The van der Waals surface area contributed by atoms with Gasteiger partial charge in [0.2, 0.25) is 0 Å². The van der Waals surface area contributed by atoms with Gasteiger partial charge >= 0.3 is 0 Å². The minimum absolute atomic E-state index is 0.0866. The van der Waals surface area contributed by atoms with Gasteiger partial charge in [0.15, 0.2) is 0 Å². The van der Waals surface area contributed by atoms with Gasteiger partial charge in [0.1, 0.15) is 0 Å². The number of hydrogen-bond donors (Lipinski definition) is 1. The highest BCUT2D eigenvalue weighted by molar-refractivity contribution is 5.85. The number of hydrogen-bond acceptors (Lipinski definition) is 2. The summed E-state index contributed by atoms with van der Waals surface area (Å²) in [5, 5.41) is 2.41. The van der Waals surface area contributed by atoms with E-state index < -0.39 is 0 Å². The third kappa shape index (κ3) is 2.64. The van der Waals surface area contributed by atoms with E-state index in [1.165, 1.54) is 22.8 Å². The molecule has 0 radical (unpaired) electrons. The van der Waals surface area contributed by atoms with Crippen molar-refractivity contribution >= 4 is 10.8 Å². The predicted octanol–water partition coefficient (Wildman–Crippen LogP) is 3.67. The Morgan fingerprint density at radius 2 is 2.00 bits per heavy atom. The first kappa shape index (κ1) is 12.1. The van der Waals surface area contributed by atoms with Crippen LogP contribution in [0.15, 0.2) is 36.7 Å². The van der Waals surface area contributed by atoms with Crippen molar-refractivity contribution < 1.29 is 0 Å². The van der Waals surface area contributed by atoms with E-state index in [1.54, 1.807) is 0 Å². The summed E-state index contributed by atoms with van der Waals surface area (Å²) in [4.78, 5) is 4.29. The predicted molar refractivity (Wildman–Crippen MR) is 72.7 cm³/mol. The Morgan fingerprint density at radius 3 is 2.76 bits per heavy atom. The molecular weight excluding hydrogens is 208 g/mol. The first-order valence-corrected chi connectivity index (χ1v) is 6.30. The zero-order valence-corrected chi connectivity index (χ0v) is 10.6. The molecule has 17 heavy (non-hydrogen) atoms. The molecule has 2 unspecified atom stereocenters. The summed E-state index contributed by atoms with van der Waals surface area (Å²) in [5.74, 6) is 0.656. The Hall–Kier alpha value is -1.41.